The number of methoxy groups -OCH3 is 1. The third-order valence-electron chi connectivity index (χ3n) is 3.09. The van der Waals surface area contributed by atoms with Gasteiger partial charge in [0.15, 0.2) is 0 Å². The van der Waals surface area contributed by atoms with Crippen molar-refractivity contribution >= 4 is 11.7 Å². The number of carbonyl (C=O) groups is 1. The Balaban J connectivity index is 2.47. The molecule has 0 aromatic heterocycles. The maximum Gasteiger partial charge on any atom is 0.319 e. The van der Waals surface area contributed by atoms with Gasteiger partial charge in [-0.3, -0.25) is 0 Å². The molecule has 0 radical (unpaired) electrons. The van der Waals surface area contributed by atoms with E-state index in [9.17, 15) is 4.79 Å². The average Bonchev–Trinajstić information content (AvgIpc) is 2.44. The van der Waals surface area contributed by atoms with Crippen LogP contribution in [0, 0.1) is 5.41 Å². The number of aliphatic hydroxyl groups is 1. The van der Waals surface area contributed by atoms with Crippen molar-refractivity contribution in [3.8, 4) is 5.75 Å². The first kappa shape index (κ1) is 16.3. The number of rotatable bonds is 7. The van der Waals surface area contributed by atoms with E-state index in [1.54, 1.807) is 19.2 Å². The van der Waals surface area contributed by atoms with Gasteiger partial charge in [0, 0.05) is 13.2 Å². The van der Waals surface area contributed by atoms with E-state index in [1.165, 1.54) is 0 Å². The van der Waals surface area contributed by atoms with E-state index in [-0.39, 0.29) is 18.1 Å². The van der Waals surface area contributed by atoms with Gasteiger partial charge in [0.1, 0.15) is 5.75 Å². The van der Waals surface area contributed by atoms with Gasteiger partial charge in [0.25, 0.3) is 0 Å². The van der Waals surface area contributed by atoms with Gasteiger partial charge in [0.05, 0.1) is 12.8 Å². The molecule has 5 nitrogen and oxygen atoms in total. The van der Waals surface area contributed by atoms with E-state index >= 15 is 0 Å². The molecule has 1 aromatic rings. The number of para-hydroxylation sites is 2. The maximum atomic E-state index is 11.9. The van der Waals surface area contributed by atoms with Crippen LogP contribution in [0.4, 0.5) is 10.5 Å². The first-order valence-electron chi connectivity index (χ1n) is 6.77. The highest BCUT2D eigenvalue weighted by Crippen LogP contribution is 2.23. The van der Waals surface area contributed by atoms with E-state index in [0.29, 0.717) is 18.0 Å². The molecule has 0 atom stereocenters. The minimum absolute atomic E-state index is 0.0408. The molecule has 3 N–H and O–H groups in total. The van der Waals surface area contributed by atoms with Crippen molar-refractivity contribution < 1.29 is 14.6 Å². The summed E-state index contributed by atoms with van der Waals surface area (Å²) in [5.41, 5.74) is 0.599. The standard InChI is InChI=1S/C15H24N2O3/c1-15(2,9-6-10-18)11-16-14(19)17-12-7-4-5-8-13(12)20-3/h4-5,7-8,18H,6,9-11H2,1-3H3,(H2,16,17,19). The summed E-state index contributed by atoms with van der Waals surface area (Å²) in [6.07, 6.45) is 1.60. The minimum atomic E-state index is -0.258. The Labute approximate surface area is 120 Å². The molecule has 0 unspecified atom stereocenters. The predicted octanol–water partition coefficient (Wildman–Crippen LogP) is 2.62. The van der Waals surface area contributed by atoms with Gasteiger partial charge in [-0.25, -0.2) is 4.79 Å². The van der Waals surface area contributed by atoms with Gasteiger partial charge >= 0.3 is 6.03 Å². The van der Waals surface area contributed by atoms with Crippen molar-refractivity contribution in [3.05, 3.63) is 24.3 Å². The second-order valence-corrected chi connectivity index (χ2v) is 5.50. The predicted molar refractivity (Wildman–Crippen MR) is 80.1 cm³/mol. The van der Waals surface area contributed by atoms with Gasteiger partial charge in [-0.2, -0.15) is 0 Å². The average molecular weight is 280 g/mol. The zero-order valence-electron chi connectivity index (χ0n) is 12.4. The summed E-state index contributed by atoms with van der Waals surface area (Å²) in [6.45, 7) is 4.85. The van der Waals surface area contributed by atoms with Crippen LogP contribution < -0.4 is 15.4 Å². The lowest BCUT2D eigenvalue weighted by Crippen LogP contribution is -2.36. The molecule has 0 aliphatic heterocycles. The smallest absolute Gasteiger partial charge is 0.319 e. The SMILES string of the molecule is COc1ccccc1NC(=O)NCC(C)(C)CCCO. The van der Waals surface area contributed by atoms with Crippen molar-refractivity contribution in [2.24, 2.45) is 5.41 Å². The third kappa shape index (κ3) is 5.48. The summed E-state index contributed by atoms with van der Waals surface area (Å²) >= 11 is 0. The van der Waals surface area contributed by atoms with Gasteiger partial charge in [-0.1, -0.05) is 26.0 Å². The molecule has 0 heterocycles. The minimum Gasteiger partial charge on any atom is -0.495 e. The summed E-state index contributed by atoms with van der Waals surface area (Å²) in [4.78, 5) is 11.9. The quantitative estimate of drug-likeness (QED) is 0.719. The van der Waals surface area contributed by atoms with Crippen molar-refractivity contribution in [2.75, 3.05) is 25.6 Å². The van der Waals surface area contributed by atoms with Gasteiger partial charge in [-0.15, -0.1) is 0 Å². The molecule has 0 aliphatic carbocycles. The first-order valence-corrected chi connectivity index (χ1v) is 6.77. The number of urea groups is 1. The number of nitrogens with one attached hydrogen (secondary N) is 2. The molecule has 0 saturated carbocycles. The molecule has 0 fully saturated rings. The van der Waals surface area contributed by atoms with Crippen LogP contribution in [0.5, 0.6) is 5.75 Å². The van der Waals surface area contributed by atoms with Crippen LogP contribution in [0.2, 0.25) is 0 Å². The molecule has 0 bridgehead atoms. The number of benzene rings is 1. The summed E-state index contributed by atoms with van der Waals surface area (Å²) in [6, 6.07) is 7.01. The van der Waals surface area contributed by atoms with Crippen molar-refractivity contribution in [2.45, 2.75) is 26.7 Å². The lowest BCUT2D eigenvalue weighted by Gasteiger charge is -2.24. The summed E-state index contributed by atoms with van der Waals surface area (Å²) < 4.78 is 5.17. The van der Waals surface area contributed by atoms with Crippen LogP contribution in [0.15, 0.2) is 24.3 Å². The lowest BCUT2D eigenvalue weighted by molar-refractivity contribution is 0.227. The Kier molecular flexibility index (Phi) is 6.31. The maximum absolute atomic E-state index is 11.9. The number of anilines is 1. The van der Waals surface area contributed by atoms with E-state index in [2.05, 4.69) is 24.5 Å². The van der Waals surface area contributed by atoms with Crippen LogP contribution in [0.25, 0.3) is 0 Å². The number of ether oxygens (including phenoxy) is 1. The number of aliphatic hydroxyl groups excluding tert-OH is 1. The van der Waals surface area contributed by atoms with Crippen molar-refractivity contribution in [1.82, 2.24) is 5.32 Å². The molecule has 1 rings (SSSR count). The normalized spacial score (nSPS) is 11.0. The largest absolute Gasteiger partial charge is 0.495 e. The van der Waals surface area contributed by atoms with Crippen LogP contribution in [0.1, 0.15) is 26.7 Å². The fraction of sp³-hybridized carbons (Fsp3) is 0.533. The Hall–Kier alpha value is -1.75. The number of hydrogen-bond donors (Lipinski definition) is 3. The van der Waals surface area contributed by atoms with Crippen molar-refractivity contribution in [3.63, 3.8) is 0 Å². The van der Waals surface area contributed by atoms with E-state index in [0.717, 1.165) is 12.8 Å². The summed E-state index contributed by atoms with van der Waals surface area (Å²) in [7, 11) is 1.57. The topological polar surface area (TPSA) is 70.6 Å². The van der Waals surface area contributed by atoms with Gasteiger partial charge in [-0.05, 0) is 30.4 Å². The van der Waals surface area contributed by atoms with Gasteiger partial charge < -0.3 is 20.5 Å². The molecule has 0 spiro atoms. The van der Waals surface area contributed by atoms with Crippen LogP contribution in [0.3, 0.4) is 0 Å². The van der Waals surface area contributed by atoms with E-state index < -0.39 is 0 Å². The number of carbonyl (C=O) groups excluding carboxylic acids is 1. The fourth-order valence-corrected chi connectivity index (χ4v) is 1.88. The zero-order valence-corrected chi connectivity index (χ0v) is 12.4. The molecular weight excluding hydrogens is 256 g/mol. The number of hydrogen-bond acceptors (Lipinski definition) is 3. The zero-order chi connectivity index (χ0) is 15.0. The molecule has 112 valence electrons. The molecule has 0 saturated heterocycles. The van der Waals surface area contributed by atoms with Crippen molar-refractivity contribution in [1.29, 1.82) is 0 Å². The first-order chi connectivity index (χ1) is 9.48. The molecule has 5 heteroatoms. The van der Waals surface area contributed by atoms with Crippen LogP contribution in [-0.2, 0) is 0 Å². The monoisotopic (exact) mass is 280 g/mol. The Bertz CT molecular complexity index is 433. The highest BCUT2D eigenvalue weighted by atomic mass is 16.5. The fourth-order valence-electron chi connectivity index (χ4n) is 1.88. The Morgan fingerprint density at radius 3 is 2.70 bits per heavy atom. The second kappa shape index (κ2) is 7.75. The Morgan fingerprint density at radius 1 is 1.35 bits per heavy atom. The highest BCUT2D eigenvalue weighted by molar-refractivity contribution is 5.90. The molecule has 2 amide bonds. The van der Waals surface area contributed by atoms with Crippen LogP contribution in [-0.4, -0.2) is 31.4 Å². The van der Waals surface area contributed by atoms with Gasteiger partial charge in [0.2, 0.25) is 0 Å². The molecule has 0 aliphatic rings. The van der Waals surface area contributed by atoms with E-state index in [1.807, 2.05) is 12.1 Å². The summed E-state index contributed by atoms with van der Waals surface area (Å²) in [5.74, 6) is 0.627. The molecular formula is C15H24N2O3. The third-order valence-corrected chi connectivity index (χ3v) is 3.09. The highest BCUT2D eigenvalue weighted by Gasteiger charge is 2.18. The molecule has 20 heavy (non-hydrogen) atoms. The Morgan fingerprint density at radius 2 is 2.05 bits per heavy atom. The van der Waals surface area contributed by atoms with Crippen LogP contribution >= 0.6 is 0 Å². The lowest BCUT2D eigenvalue weighted by atomic mass is 9.88. The van der Waals surface area contributed by atoms with E-state index in [4.69, 9.17) is 9.84 Å². The summed E-state index contributed by atoms with van der Waals surface area (Å²) in [5, 5.41) is 14.5. The number of amides is 2. The molecule has 1 aromatic carbocycles. The second-order valence-electron chi connectivity index (χ2n) is 5.50.